The third-order valence-corrected chi connectivity index (χ3v) is 3.44. The van der Waals surface area contributed by atoms with E-state index in [1.807, 2.05) is 6.07 Å². The van der Waals surface area contributed by atoms with Crippen molar-refractivity contribution in [1.82, 2.24) is 0 Å². The highest BCUT2D eigenvalue weighted by atomic mass is 35.5. The maximum atomic E-state index is 12.1. The van der Waals surface area contributed by atoms with Crippen LogP contribution < -0.4 is 11.1 Å². The largest absolute Gasteiger partial charge is 0.326 e. The molecule has 0 fully saturated rings. The smallest absolute Gasteiger partial charge is 0.255 e. The van der Waals surface area contributed by atoms with Gasteiger partial charge in [-0.05, 0) is 29.8 Å². The first-order valence-corrected chi connectivity index (χ1v) is 6.42. The molecule has 1 amide bonds. The number of benzene rings is 2. The highest BCUT2D eigenvalue weighted by molar-refractivity contribution is 6.44. The van der Waals surface area contributed by atoms with E-state index < -0.39 is 0 Å². The Hall–Kier alpha value is -1.55. The number of carbonyl (C=O) groups is 1. The molecule has 0 radical (unpaired) electrons. The number of nitrogens with one attached hydrogen (secondary N) is 1. The van der Waals surface area contributed by atoms with Gasteiger partial charge in [0.15, 0.2) is 0 Å². The van der Waals surface area contributed by atoms with Gasteiger partial charge < -0.3 is 11.1 Å². The highest BCUT2D eigenvalue weighted by Gasteiger charge is 2.10. The number of hydrogen-bond acceptors (Lipinski definition) is 2. The summed E-state index contributed by atoms with van der Waals surface area (Å²) in [5.74, 6) is -0.250. The lowest BCUT2D eigenvalue weighted by Crippen LogP contribution is -2.13. The summed E-state index contributed by atoms with van der Waals surface area (Å²) in [4.78, 5) is 12.1. The first-order chi connectivity index (χ1) is 9.11. The van der Waals surface area contributed by atoms with Crippen LogP contribution in [0.3, 0.4) is 0 Å². The van der Waals surface area contributed by atoms with Crippen LogP contribution in [0.25, 0.3) is 0 Å². The maximum absolute atomic E-state index is 12.1. The summed E-state index contributed by atoms with van der Waals surface area (Å²) in [7, 11) is 0. The standard InChI is InChI=1S/C14H12Cl2N2O/c15-11-5-2-6-12(13(11)16)18-14(19)10-4-1-3-9(7-10)8-17/h1-7H,8,17H2,(H,18,19). The molecular weight excluding hydrogens is 283 g/mol. The van der Waals surface area contributed by atoms with Gasteiger partial charge in [-0.15, -0.1) is 0 Å². The monoisotopic (exact) mass is 294 g/mol. The van der Waals surface area contributed by atoms with Crippen LogP contribution in [0.4, 0.5) is 5.69 Å². The van der Waals surface area contributed by atoms with Crippen LogP contribution in [0.5, 0.6) is 0 Å². The molecule has 3 N–H and O–H groups in total. The van der Waals surface area contributed by atoms with Crippen molar-refractivity contribution in [3.8, 4) is 0 Å². The zero-order chi connectivity index (χ0) is 13.8. The van der Waals surface area contributed by atoms with E-state index in [4.69, 9.17) is 28.9 Å². The van der Waals surface area contributed by atoms with Crippen molar-refractivity contribution in [2.24, 2.45) is 5.73 Å². The Bertz CT molecular complexity index is 614. The Balaban J connectivity index is 2.23. The summed E-state index contributed by atoms with van der Waals surface area (Å²) in [5.41, 5.74) is 7.45. The van der Waals surface area contributed by atoms with Gasteiger partial charge in [0.2, 0.25) is 0 Å². The minimum absolute atomic E-state index is 0.250. The molecule has 3 nitrogen and oxygen atoms in total. The number of anilines is 1. The summed E-state index contributed by atoms with van der Waals surface area (Å²) in [5, 5.41) is 3.45. The van der Waals surface area contributed by atoms with Crippen molar-refractivity contribution in [3.05, 3.63) is 63.6 Å². The quantitative estimate of drug-likeness (QED) is 0.907. The van der Waals surface area contributed by atoms with Crippen LogP contribution in [0.15, 0.2) is 42.5 Å². The molecule has 0 unspecified atom stereocenters. The molecule has 0 bridgehead atoms. The molecule has 2 rings (SSSR count). The first kappa shape index (κ1) is 13.9. The molecule has 5 heteroatoms. The van der Waals surface area contributed by atoms with Crippen LogP contribution in [-0.4, -0.2) is 5.91 Å². The molecule has 19 heavy (non-hydrogen) atoms. The zero-order valence-electron chi connectivity index (χ0n) is 9.99. The molecule has 0 saturated heterocycles. The molecule has 2 aromatic rings. The van der Waals surface area contributed by atoms with Gasteiger partial charge in [-0.25, -0.2) is 0 Å². The fourth-order valence-corrected chi connectivity index (χ4v) is 1.98. The highest BCUT2D eigenvalue weighted by Crippen LogP contribution is 2.29. The predicted octanol–water partition coefficient (Wildman–Crippen LogP) is 3.70. The SMILES string of the molecule is NCc1cccc(C(=O)Nc2cccc(Cl)c2Cl)c1. The number of halogens is 2. The van der Waals surface area contributed by atoms with Gasteiger partial charge in [0.1, 0.15) is 0 Å². The topological polar surface area (TPSA) is 55.1 Å². The van der Waals surface area contributed by atoms with Gasteiger partial charge in [0.25, 0.3) is 5.91 Å². The minimum atomic E-state index is -0.250. The fraction of sp³-hybridized carbons (Fsp3) is 0.0714. The third kappa shape index (κ3) is 3.26. The Morgan fingerprint density at radius 2 is 1.89 bits per heavy atom. The molecule has 0 saturated carbocycles. The van der Waals surface area contributed by atoms with Gasteiger partial charge in [-0.3, -0.25) is 4.79 Å². The predicted molar refractivity (Wildman–Crippen MR) is 78.7 cm³/mol. The van der Waals surface area contributed by atoms with E-state index in [1.165, 1.54) is 0 Å². The van der Waals surface area contributed by atoms with Crippen molar-refractivity contribution >= 4 is 34.8 Å². The summed E-state index contributed by atoms with van der Waals surface area (Å²) >= 11 is 11.9. The van der Waals surface area contributed by atoms with Gasteiger partial charge in [-0.1, -0.05) is 41.4 Å². The molecule has 0 aliphatic heterocycles. The molecule has 98 valence electrons. The van der Waals surface area contributed by atoms with Crippen molar-refractivity contribution in [2.45, 2.75) is 6.54 Å². The normalized spacial score (nSPS) is 10.3. The van der Waals surface area contributed by atoms with Gasteiger partial charge in [-0.2, -0.15) is 0 Å². The molecule has 0 spiro atoms. The Kier molecular flexibility index (Phi) is 4.43. The summed E-state index contributed by atoms with van der Waals surface area (Å²) in [6.45, 7) is 0.388. The van der Waals surface area contributed by atoms with E-state index in [0.717, 1.165) is 5.56 Å². The second-order valence-electron chi connectivity index (χ2n) is 3.96. The van der Waals surface area contributed by atoms with Crippen LogP contribution in [0, 0.1) is 0 Å². The number of amides is 1. The summed E-state index contributed by atoms with van der Waals surface area (Å²) in [6.07, 6.45) is 0. The van der Waals surface area contributed by atoms with Crippen molar-refractivity contribution < 1.29 is 4.79 Å². The lowest BCUT2D eigenvalue weighted by molar-refractivity contribution is 0.102. The van der Waals surface area contributed by atoms with E-state index in [9.17, 15) is 4.79 Å². The lowest BCUT2D eigenvalue weighted by atomic mass is 10.1. The lowest BCUT2D eigenvalue weighted by Gasteiger charge is -2.08. The summed E-state index contributed by atoms with van der Waals surface area (Å²) < 4.78 is 0. The summed E-state index contributed by atoms with van der Waals surface area (Å²) in [6, 6.07) is 12.2. The number of rotatable bonds is 3. The van der Waals surface area contributed by atoms with E-state index in [2.05, 4.69) is 5.32 Å². The second kappa shape index (κ2) is 6.06. The molecular formula is C14H12Cl2N2O. The minimum Gasteiger partial charge on any atom is -0.326 e. The van der Waals surface area contributed by atoms with Crippen LogP contribution >= 0.6 is 23.2 Å². The zero-order valence-corrected chi connectivity index (χ0v) is 11.5. The molecule has 0 heterocycles. The van der Waals surface area contributed by atoms with Crippen LogP contribution in [0.2, 0.25) is 10.0 Å². The number of hydrogen-bond donors (Lipinski definition) is 2. The third-order valence-electron chi connectivity index (χ3n) is 2.62. The molecule has 0 aromatic heterocycles. The van der Waals surface area contributed by atoms with Crippen molar-refractivity contribution in [3.63, 3.8) is 0 Å². The van der Waals surface area contributed by atoms with Crippen LogP contribution in [-0.2, 0) is 6.54 Å². The van der Waals surface area contributed by atoms with E-state index in [0.29, 0.717) is 27.8 Å². The van der Waals surface area contributed by atoms with Gasteiger partial charge in [0.05, 0.1) is 15.7 Å². The average molecular weight is 295 g/mol. The Morgan fingerprint density at radius 1 is 1.16 bits per heavy atom. The van der Waals surface area contributed by atoms with E-state index >= 15 is 0 Å². The van der Waals surface area contributed by atoms with Crippen LogP contribution in [0.1, 0.15) is 15.9 Å². The van der Waals surface area contributed by atoms with Crippen molar-refractivity contribution in [2.75, 3.05) is 5.32 Å². The van der Waals surface area contributed by atoms with Crippen molar-refractivity contribution in [1.29, 1.82) is 0 Å². The molecule has 0 aliphatic carbocycles. The van der Waals surface area contributed by atoms with Gasteiger partial charge >= 0.3 is 0 Å². The van der Waals surface area contributed by atoms with E-state index in [-0.39, 0.29) is 5.91 Å². The Labute approximate surface area is 121 Å². The average Bonchev–Trinajstić information content (AvgIpc) is 2.44. The van der Waals surface area contributed by atoms with E-state index in [1.54, 1.807) is 36.4 Å². The molecule has 0 atom stereocenters. The second-order valence-corrected chi connectivity index (χ2v) is 4.75. The van der Waals surface area contributed by atoms with Gasteiger partial charge in [0, 0.05) is 12.1 Å². The first-order valence-electron chi connectivity index (χ1n) is 5.66. The fourth-order valence-electron chi connectivity index (χ4n) is 1.63. The number of carbonyl (C=O) groups excluding carboxylic acids is 1. The molecule has 2 aromatic carbocycles. The number of nitrogens with two attached hydrogens (primary N) is 1. The molecule has 0 aliphatic rings. The Morgan fingerprint density at radius 3 is 2.63 bits per heavy atom. The maximum Gasteiger partial charge on any atom is 0.255 e.